The summed E-state index contributed by atoms with van der Waals surface area (Å²) in [7, 11) is 2.03. The van der Waals surface area contributed by atoms with Crippen molar-refractivity contribution in [3.63, 3.8) is 0 Å². The van der Waals surface area contributed by atoms with Gasteiger partial charge in [-0.15, -0.1) is 17.9 Å². The maximum Gasteiger partial charge on any atom is 0.0517 e. The summed E-state index contributed by atoms with van der Waals surface area (Å²) in [6.07, 6.45) is 11.4. The molecule has 2 unspecified atom stereocenters. The Morgan fingerprint density at radius 3 is 2.85 bits per heavy atom. The summed E-state index contributed by atoms with van der Waals surface area (Å²) >= 11 is 1.79. The molecular formula is C24H24N2S. The van der Waals surface area contributed by atoms with Gasteiger partial charge in [0.2, 0.25) is 0 Å². The Morgan fingerprint density at radius 1 is 1.19 bits per heavy atom. The molecule has 3 aromatic rings. The summed E-state index contributed by atoms with van der Waals surface area (Å²) in [4.78, 5) is 5.65. The zero-order chi connectivity index (χ0) is 18.8. The summed E-state index contributed by atoms with van der Waals surface area (Å²) in [6, 6.07) is 11.5. The fourth-order valence-electron chi connectivity index (χ4n) is 3.82. The van der Waals surface area contributed by atoms with Gasteiger partial charge in [0.05, 0.1) is 6.04 Å². The Balaban J connectivity index is 1.66. The van der Waals surface area contributed by atoms with E-state index in [0.29, 0.717) is 0 Å². The number of aromatic nitrogens is 1. The number of rotatable bonds is 6. The quantitative estimate of drug-likeness (QED) is 0.543. The Morgan fingerprint density at radius 2 is 2.07 bits per heavy atom. The SMILES string of the molecule is C=CC(c1ccc2c(c1)C=CC2)C(NC)c1cc(-c2cncc(C)c2)cs1. The topological polar surface area (TPSA) is 24.9 Å². The van der Waals surface area contributed by atoms with Gasteiger partial charge in [0, 0.05) is 28.8 Å². The van der Waals surface area contributed by atoms with E-state index in [2.05, 4.69) is 77.7 Å². The molecule has 0 spiro atoms. The van der Waals surface area contributed by atoms with Crippen molar-refractivity contribution in [2.45, 2.75) is 25.3 Å². The van der Waals surface area contributed by atoms with E-state index in [1.807, 2.05) is 19.4 Å². The first-order valence-corrected chi connectivity index (χ1v) is 10.2. The molecule has 0 saturated heterocycles. The molecule has 0 radical (unpaired) electrons. The average molecular weight is 373 g/mol. The highest BCUT2D eigenvalue weighted by Crippen LogP contribution is 2.38. The summed E-state index contributed by atoms with van der Waals surface area (Å²) < 4.78 is 0. The lowest BCUT2D eigenvalue weighted by molar-refractivity contribution is 0.550. The van der Waals surface area contributed by atoms with Gasteiger partial charge in [0.25, 0.3) is 0 Å². The number of pyridine rings is 1. The number of aryl methyl sites for hydroxylation is 1. The molecule has 2 nitrogen and oxygen atoms in total. The zero-order valence-corrected chi connectivity index (χ0v) is 16.6. The average Bonchev–Trinajstić information content (AvgIpc) is 3.35. The minimum atomic E-state index is 0.197. The molecule has 1 N–H and O–H groups in total. The second-order valence-corrected chi connectivity index (χ2v) is 8.02. The van der Waals surface area contributed by atoms with Crippen LogP contribution in [0.2, 0.25) is 0 Å². The highest BCUT2D eigenvalue weighted by molar-refractivity contribution is 7.10. The fraction of sp³-hybridized carbons (Fsp3) is 0.208. The number of thiophene rings is 1. The molecule has 27 heavy (non-hydrogen) atoms. The Bertz CT molecular complexity index is 999. The predicted molar refractivity (Wildman–Crippen MR) is 116 cm³/mol. The number of nitrogens with zero attached hydrogens (tertiary/aromatic N) is 1. The van der Waals surface area contributed by atoms with Crippen LogP contribution >= 0.6 is 11.3 Å². The van der Waals surface area contributed by atoms with Gasteiger partial charge in [0.1, 0.15) is 0 Å². The van der Waals surface area contributed by atoms with Crippen LogP contribution in [0.25, 0.3) is 17.2 Å². The minimum absolute atomic E-state index is 0.197. The van der Waals surface area contributed by atoms with Gasteiger partial charge < -0.3 is 5.32 Å². The third-order valence-electron chi connectivity index (χ3n) is 5.25. The molecule has 1 aliphatic carbocycles. The van der Waals surface area contributed by atoms with Crippen LogP contribution in [0.5, 0.6) is 0 Å². The maximum atomic E-state index is 4.33. The standard InChI is InChI=1S/C24H24N2S/c1-4-22(19-9-8-17-6-5-7-18(17)11-19)24(25-3)23-12-21(15-27-23)20-10-16(2)13-26-14-20/h4-5,7-15,22,24-25H,1,6H2,2-3H3. The third-order valence-corrected chi connectivity index (χ3v) is 6.26. The summed E-state index contributed by atoms with van der Waals surface area (Å²) in [5, 5.41) is 5.74. The Kier molecular flexibility index (Phi) is 5.06. The van der Waals surface area contributed by atoms with Crippen LogP contribution in [-0.2, 0) is 6.42 Å². The van der Waals surface area contributed by atoms with Gasteiger partial charge in [-0.3, -0.25) is 4.98 Å². The predicted octanol–water partition coefficient (Wildman–Crippen LogP) is 5.92. The molecule has 2 heterocycles. The normalized spacial score (nSPS) is 14.7. The van der Waals surface area contributed by atoms with Crippen molar-refractivity contribution in [1.29, 1.82) is 0 Å². The van der Waals surface area contributed by atoms with Crippen LogP contribution in [0, 0.1) is 6.92 Å². The lowest BCUT2D eigenvalue weighted by Gasteiger charge is -2.24. The lowest BCUT2D eigenvalue weighted by Crippen LogP contribution is -2.22. The first kappa shape index (κ1) is 17.9. The lowest BCUT2D eigenvalue weighted by atomic mass is 9.88. The van der Waals surface area contributed by atoms with Crippen molar-refractivity contribution in [3.05, 3.63) is 94.0 Å². The van der Waals surface area contributed by atoms with Crippen molar-refractivity contribution >= 4 is 17.4 Å². The van der Waals surface area contributed by atoms with Gasteiger partial charge in [-0.1, -0.05) is 36.4 Å². The first-order valence-electron chi connectivity index (χ1n) is 9.29. The molecule has 136 valence electrons. The van der Waals surface area contributed by atoms with Crippen LogP contribution in [0.3, 0.4) is 0 Å². The second kappa shape index (κ2) is 7.63. The van der Waals surface area contributed by atoms with Gasteiger partial charge in [-0.05, 0) is 65.7 Å². The van der Waals surface area contributed by atoms with Gasteiger partial charge >= 0.3 is 0 Å². The second-order valence-electron chi connectivity index (χ2n) is 7.08. The van der Waals surface area contributed by atoms with E-state index in [0.717, 1.165) is 6.42 Å². The molecule has 0 fully saturated rings. The van der Waals surface area contributed by atoms with E-state index in [9.17, 15) is 0 Å². The molecule has 2 aromatic heterocycles. The number of nitrogens with one attached hydrogen (secondary N) is 1. The van der Waals surface area contributed by atoms with E-state index >= 15 is 0 Å². The highest BCUT2D eigenvalue weighted by Gasteiger charge is 2.23. The van der Waals surface area contributed by atoms with Gasteiger partial charge in [-0.2, -0.15) is 0 Å². The molecule has 1 aliphatic rings. The van der Waals surface area contributed by atoms with Crippen molar-refractivity contribution < 1.29 is 0 Å². The molecule has 0 saturated carbocycles. The van der Waals surface area contributed by atoms with Crippen molar-refractivity contribution in [2.24, 2.45) is 0 Å². The molecule has 4 rings (SSSR count). The monoisotopic (exact) mass is 372 g/mol. The number of likely N-dealkylation sites (N-methyl/N-ethyl adjacent to an activating group) is 1. The number of hydrogen-bond acceptors (Lipinski definition) is 3. The molecule has 0 bridgehead atoms. The van der Waals surface area contributed by atoms with Crippen LogP contribution in [0.1, 0.15) is 39.1 Å². The number of hydrogen-bond donors (Lipinski definition) is 1. The van der Waals surface area contributed by atoms with Crippen molar-refractivity contribution in [2.75, 3.05) is 7.05 Å². The van der Waals surface area contributed by atoms with E-state index < -0.39 is 0 Å². The van der Waals surface area contributed by atoms with Crippen LogP contribution in [-0.4, -0.2) is 12.0 Å². The van der Waals surface area contributed by atoms with E-state index in [4.69, 9.17) is 0 Å². The molecule has 3 heteroatoms. The van der Waals surface area contributed by atoms with E-state index in [1.165, 1.54) is 38.3 Å². The molecule has 0 amide bonds. The van der Waals surface area contributed by atoms with E-state index in [1.54, 1.807) is 11.3 Å². The largest absolute Gasteiger partial charge is 0.312 e. The number of allylic oxidation sites excluding steroid dienone is 1. The smallest absolute Gasteiger partial charge is 0.0517 e. The molecule has 1 aromatic carbocycles. The van der Waals surface area contributed by atoms with Crippen molar-refractivity contribution in [3.8, 4) is 11.1 Å². The Hall–Kier alpha value is -2.49. The maximum absolute atomic E-state index is 4.33. The minimum Gasteiger partial charge on any atom is -0.312 e. The zero-order valence-electron chi connectivity index (χ0n) is 15.8. The van der Waals surface area contributed by atoms with E-state index in [-0.39, 0.29) is 12.0 Å². The van der Waals surface area contributed by atoms with Gasteiger partial charge in [0.15, 0.2) is 0 Å². The molecule has 0 aliphatic heterocycles. The Labute approximate surface area is 165 Å². The first-order chi connectivity index (χ1) is 13.2. The summed E-state index contributed by atoms with van der Waals surface area (Å²) in [5.74, 6) is 0.219. The van der Waals surface area contributed by atoms with Gasteiger partial charge in [-0.25, -0.2) is 0 Å². The molecule has 2 atom stereocenters. The number of fused-ring (bicyclic) bond motifs is 1. The summed E-state index contributed by atoms with van der Waals surface area (Å²) in [5.41, 5.74) is 7.64. The fourth-order valence-corrected chi connectivity index (χ4v) is 4.89. The van der Waals surface area contributed by atoms with Crippen LogP contribution < -0.4 is 5.32 Å². The van der Waals surface area contributed by atoms with Crippen LogP contribution in [0.15, 0.2) is 66.8 Å². The van der Waals surface area contributed by atoms with Crippen LogP contribution in [0.4, 0.5) is 0 Å². The molecular weight excluding hydrogens is 348 g/mol. The third kappa shape index (κ3) is 3.53. The number of benzene rings is 1. The summed E-state index contributed by atoms with van der Waals surface area (Å²) in [6.45, 7) is 6.22. The van der Waals surface area contributed by atoms with Crippen molar-refractivity contribution in [1.82, 2.24) is 10.3 Å². The highest BCUT2D eigenvalue weighted by atomic mass is 32.1.